The molecule has 0 fully saturated rings. The van der Waals surface area contributed by atoms with Crippen molar-refractivity contribution in [2.45, 2.75) is 32.7 Å². The molecule has 90 valence electrons. The monoisotopic (exact) mass is 241 g/mol. The molecule has 0 bridgehead atoms. The molecule has 1 heterocycles. The Kier molecular flexibility index (Phi) is 5.49. The fourth-order valence-corrected chi connectivity index (χ4v) is 2.27. The van der Waals surface area contributed by atoms with Gasteiger partial charge in [0.2, 0.25) is 5.91 Å². The maximum absolute atomic E-state index is 12.0. The van der Waals surface area contributed by atoms with Gasteiger partial charge in [-0.2, -0.15) is 0 Å². The quantitative estimate of drug-likeness (QED) is 0.826. The van der Waals surface area contributed by atoms with Crippen LogP contribution >= 0.6 is 11.3 Å². The molecule has 0 aliphatic rings. The summed E-state index contributed by atoms with van der Waals surface area (Å²) in [6, 6.07) is 4.13. The summed E-state index contributed by atoms with van der Waals surface area (Å²) in [5.41, 5.74) is 0. The first-order valence-corrected chi connectivity index (χ1v) is 6.46. The van der Waals surface area contributed by atoms with Crippen LogP contribution in [0.2, 0.25) is 0 Å². The number of hydrogen-bond acceptors (Lipinski definition) is 3. The second kappa shape index (κ2) is 6.66. The Bertz CT molecular complexity index is 309. The number of thiophene rings is 1. The average Bonchev–Trinajstić information content (AvgIpc) is 2.70. The van der Waals surface area contributed by atoms with Crippen molar-refractivity contribution in [1.29, 1.82) is 0 Å². The Hall–Kier alpha value is -0.870. The van der Waals surface area contributed by atoms with Crippen molar-refractivity contribution in [3.05, 3.63) is 22.4 Å². The lowest BCUT2D eigenvalue weighted by atomic mass is 10.2. The van der Waals surface area contributed by atoms with Crippen LogP contribution in [0.4, 0.5) is 0 Å². The molecule has 0 spiro atoms. The third kappa shape index (κ3) is 3.94. The highest BCUT2D eigenvalue weighted by Gasteiger charge is 2.16. The maximum Gasteiger partial charge on any atom is 0.228 e. The third-order valence-electron chi connectivity index (χ3n) is 2.41. The molecule has 4 heteroatoms. The van der Waals surface area contributed by atoms with Gasteiger partial charge in [-0.15, -0.1) is 11.3 Å². The molecule has 0 unspecified atom stereocenters. The van der Waals surface area contributed by atoms with Gasteiger partial charge in [0.25, 0.3) is 0 Å². The van der Waals surface area contributed by atoms with E-state index >= 15 is 0 Å². The lowest BCUT2D eigenvalue weighted by Crippen LogP contribution is -2.38. The number of nitrogens with zero attached hydrogens (tertiary/aromatic N) is 1. The number of carbonyl (C=O) groups excluding carboxylic acids is 1. The molecule has 1 amide bonds. The summed E-state index contributed by atoms with van der Waals surface area (Å²) in [7, 11) is 0. The molecule has 16 heavy (non-hydrogen) atoms. The molecular weight excluding hydrogens is 222 g/mol. The van der Waals surface area contributed by atoms with Gasteiger partial charge in [0.1, 0.15) is 0 Å². The molecule has 0 atom stereocenters. The van der Waals surface area contributed by atoms with Gasteiger partial charge in [0.05, 0.1) is 6.42 Å². The van der Waals surface area contributed by atoms with Gasteiger partial charge in [0.15, 0.2) is 0 Å². The molecular formula is C12H19NO2S. The van der Waals surface area contributed by atoms with Crippen LogP contribution in [0, 0.1) is 0 Å². The molecule has 0 saturated carbocycles. The first-order chi connectivity index (χ1) is 7.65. The lowest BCUT2D eigenvalue weighted by Gasteiger charge is -2.26. The van der Waals surface area contributed by atoms with E-state index < -0.39 is 0 Å². The zero-order chi connectivity index (χ0) is 12.0. The van der Waals surface area contributed by atoms with Crippen molar-refractivity contribution in [2.24, 2.45) is 0 Å². The molecule has 0 aromatic carbocycles. The molecule has 0 aliphatic carbocycles. The van der Waals surface area contributed by atoms with E-state index in [0.717, 1.165) is 4.88 Å². The van der Waals surface area contributed by atoms with Gasteiger partial charge in [-0.3, -0.25) is 4.79 Å². The minimum atomic E-state index is 0.134. The van der Waals surface area contributed by atoms with Crippen molar-refractivity contribution in [3.63, 3.8) is 0 Å². The van der Waals surface area contributed by atoms with Crippen LogP contribution in [-0.2, 0) is 11.2 Å². The summed E-state index contributed by atoms with van der Waals surface area (Å²) >= 11 is 1.61. The lowest BCUT2D eigenvalue weighted by molar-refractivity contribution is -0.132. The number of aliphatic hydroxyl groups excluding tert-OH is 1. The fraction of sp³-hybridized carbons (Fsp3) is 0.583. The number of rotatable bonds is 6. The van der Waals surface area contributed by atoms with E-state index in [4.69, 9.17) is 5.11 Å². The largest absolute Gasteiger partial charge is 0.396 e. The fourth-order valence-electron chi connectivity index (χ4n) is 1.58. The minimum absolute atomic E-state index is 0.134. The first-order valence-electron chi connectivity index (χ1n) is 5.58. The van der Waals surface area contributed by atoms with Crippen molar-refractivity contribution in [3.8, 4) is 0 Å². The Morgan fingerprint density at radius 1 is 1.56 bits per heavy atom. The van der Waals surface area contributed by atoms with Gasteiger partial charge in [-0.1, -0.05) is 6.07 Å². The predicted molar refractivity (Wildman–Crippen MR) is 66.6 cm³/mol. The smallest absolute Gasteiger partial charge is 0.228 e. The topological polar surface area (TPSA) is 40.5 Å². The van der Waals surface area contributed by atoms with E-state index in [1.807, 2.05) is 36.3 Å². The van der Waals surface area contributed by atoms with Gasteiger partial charge in [0, 0.05) is 24.1 Å². The number of carbonyl (C=O) groups is 1. The molecule has 3 nitrogen and oxygen atoms in total. The Morgan fingerprint density at radius 2 is 2.31 bits per heavy atom. The van der Waals surface area contributed by atoms with Gasteiger partial charge in [-0.25, -0.2) is 0 Å². The molecule has 1 rings (SSSR count). The SMILES string of the molecule is CC(C)N(CCCO)C(=O)Cc1cccs1. The summed E-state index contributed by atoms with van der Waals surface area (Å²) in [5, 5.41) is 10.8. The predicted octanol–water partition coefficient (Wildman–Crippen LogP) is 1.91. The third-order valence-corrected chi connectivity index (χ3v) is 3.28. The minimum Gasteiger partial charge on any atom is -0.396 e. The highest BCUT2D eigenvalue weighted by atomic mass is 32.1. The molecule has 1 aromatic rings. The van der Waals surface area contributed by atoms with Crippen molar-refractivity contribution >= 4 is 17.2 Å². The van der Waals surface area contributed by atoms with Crippen molar-refractivity contribution in [2.75, 3.05) is 13.2 Å². The van der Waals surface area contributed by atoms with Crippen molar-refractivity contribution < 1.29 is 9.90 Å². The zero-order valence-corrected chi connectivity index (χ0v) is 10.7. The average molecular weight is 241 g/mol. The normalized spacial score (nSPS) is 10.8. The highest BCUT2D eigenvalue weighted by molar-refractivity contribution is 7.10. The second-order valence-electron chi connectivity index (χ2n) is 4.01. The Morgan fingerprint density at radius 3 is 2.81 bits per heavy atom. The number of hydrogen-bond donors (Lipinski definition) is 1. The van der Waals surface area contributed by atoms with E-state index in [1.165, 1.54) is 0 Å². The summed E-state index contributed by atoms with van der Waals surface area (Å²) in [6.45, 7) is 4.78. The van der Waals surface area contributed by atoms with Crippen molar-refractivity contribution in [1.82, 2.24) is 4.90 Å². The van der Waals surface area contributed by atoms with Crippen LogP contribution in [0.3, 0.4) is 0 Å². The molecule has 1 N–H and O–H groups in total. The number of amides is 1. The van der Waals surface area contributed by atoms with Gasteiger partial charge < -0.3 is 10.0 Å². The van der Waals surface area contributed by atoms with Crippen LogP contribution < -0.4 is 0 Å². The summed E-state index contributed by atoms with van der Waals surface area (Å²) < 4.78 is 0. The van der Waals surface area contributed by atoms with Crippen LogP contribution in [0.15, 0.2) is 17.5 Å². The molecule has 1 aromatic heterocycles. The molecule has 0 aliphatic heterocycles. The second-order valence-corrected chi connectivity index (χ2v) is 5.05. The van der Waals surface area contributed by atoms with Crippen LogP contribution in [0.5, 0.6) is 0 Å². The van der Waals surface area contributed by atoms with E-state index in [9.17, 15) is 4.79 Å². The molecule has 0 radical (unpaired) electrons. The van der Waals surface area contributed by atoms with E-state index in [1.54, 1.807) is 11.3 Å². The van der Waals surface area contributed by atoms with Crippen LogP contribution in [-0.4, -0.2) is 35.1 Å². The Labute approximate surface area is 101 Å². The summed E-state index contributed by atoms with van der Waals surface area (Å²) in [5.74, 6) is 0.144. The van der Waals surface area contributed by atoms with E-state index in [0.29, 0.717) is 19.4 Å². The van der Waals surface area contributed by atoms with E-state index in [2.05, 4.69) is 0 Å². The molecule has 0 saturated heterocycles. The highest BCUT2D eigenvalue weighted by Crippen LogP contribution is 2.12. The van der Waals surface area contributed by atoms with E-state index in [-0.39, 0.29) is 18.6 Å². The van der Waals surface area contributed by atoms with Crippen LogP contribution in [0.1, 0.15) is 25.1 Å². The van der Waals surface area contributed by atoms with Gasteiger partial charge in [-0.05, 0) is 31.7 Å². The standard InChI is InChI=1S/C12H19NO2S/c1-10(2)13(6-4-7-14)12(15)9-11-5-3-8-16-11/h3,5,8,10,14H,4,6-7,9H2,1-2H3. The summed E-state index contributed by atoms with van der Waals surface area (Å²) in [4.78, 5) is 14.9. The zero-order valence-electron chi connectivity index (χ0n) is 9.85. The van der Waals surface area contributed by atoms with Gasteiger partial charge >= 0.3 is 0 Å². The van der Waals surface area contributed by atoms with Crippen LogP contribution in [0.25, 0.3) is 0 Å². The first kappa shape index (κ1) is 13.2. The number of aliphatic hydroxyl groups is 1. The maximum atomic E-state index is 12.0. The summed E-state index contributed by atoms with van der Waals surface area (Å²) in [6.07, 6.45) is 1.12. The Balaban J connectivity index is 2.53.